The second kappa shape index (κ2) is 7.77. The molecule has 2 heterocycles. The van der Waals surface area contributed by atoms with Gasteiger partial charge in [0.2, 0.25) is 5.67 Å². The van der Waals surface area contributed by atoms with Gasteiger partial charge in [-0.25, -0.2) is 13.2 Å². The van der Waals surface area contributed by atoms with E-state index < -0.39 is 41.2 Å². The van der Waals surface area contributed by atoms with Crippen LogP contribution in [0.15, 0.2) is 42.7 Å². The van der Waals surface area contributed by atoms with Crippen LogP contribution in [0.1, 0.15) is 28.8 Å². The number of alkyl halides is 1. The molecule has 5 nitrogen and oxygen atoms in total. The standard InChI is InChI=1S/C19H18F3N3O2/c20-14-2-3-16(21)15(10-14)17(26)25-9-1-6-19(22,12-25)18(27)24-11-13-4-7-23-8-5-13/h2-5,7-8,10H,1,6,9,11-12H2,(H,24,27). The number of nitrogens with zero attached hydrogens (tertiary/aromatic N) is 2. The zero-order valence-electron chi connectivity index (χ0n) is 14.4. The van der Waals surface area contributed by atoms with E-state index in [2.05, 4.69) is 10.3 Å². The normalized spacial score (nSPS) is 19.6. The Bertz CT molecular complexity index is 847. The van der Waals surface area contributed by atoms with Crippen molar-refractivity contribution in [2.75, 3.05) is 13.1 Å². The summed E-state index contributed by atoms with van der Waals surface area (Å²) in [6.45, 7) is -0.221. The van der Waals surface area contributed by atoms with Gasteiger partial charge in [-0.3, -0.25) is 14.6 Å². The third-order valence-electron chi connectivity index (χ3n) is 4.50. The number of carbonyl (C=O) groups excluding carboxylic acids is 2. The smallest absolute Gasteiger partial charge is 0.259 e. The second-order valence-electron chi connectivity index (χ2n) is 6.46. The molecule has 1 aromatic heterocycles. The van der Waals surface area contributed by atoms with Gasteiger partial charge in [-0.05, 0) is 48.7 Å². The summed E-state index contributed by atoms with van der Waals surface area (Å²) < 4.78 is 42.4. The van der Waals surface area contributed by atoms with E-state index in [0.29, 0.717) is 0 Å². The number of halogens is 3. The molecule has 1 unspecified atom stereocenters. The van der Waals surface area contributed by atoms with Crippen molar-refractivity contribution in [1.82, 2.24) is 15.2 Å². The number of pyridine rings is 1. The predicted octanol–water partition coefficient (Wildman–Crippen LogP) is 2.62. The Labute approximate surface area is 154 Å². The SMILES string of the molecule is O=C(c1cc(F)ccc1F)N1CCCC(F)(C(=O)NCc2ccncc2)C1. The summed E-state index contributed by atoms with van der Waals surface area (Å²) in [7, 11) is 0. The molecule has 1 atom stereocenters. The Hall–Kier alpha value is -2.90. The van der Waals surface area contributed by atoms with Gasteiger partial charge in [0.25, 0.3) is 11.8 Å². The van der Waals surface area contributed by atoms with E-state index in [-0.39, 0.29) is 25.9 Å². The predicted molar refractivity (Wildman–Crippen MR) is 91.4 cm³/mol. The Morgan fingerprint density at radius 2 is 1.93 bits per heavy atom. The summed E-state index contributed by atoms with van der Waals surface area (Å²) >= 11 is 0. The maximum atomic E-state index is 15.2. The molecule has 0 aliphatic carbocycles. The van der Waals surface area contributed by atoms with Crippen LogP contribution >= 0.6 is 0 Å². The van der Waals surface area contributed by atoms with Crippen molar-refractivity contribution in [3.8, 4) is 0 Å². The van der Waals surface area contributed by atoms with Crippen molar-refractivity contribution in [2.24, 2.45) is 0 Å². The summed E-state index contributed by atoms with van der Waals surface area (Å²) in [5.41, 5.74) is -2.01. The van der Waals surface area contributed by atoms with E-state index in [1.165, 1.54) is 0 Å². The number of nitrogens with one attached hydrogen (secondary N) is 1. The van der Waals surface area contributed by atoms with Gasteiger partial charge in [0, 0.05) is 25.5 Å². The van der Waals surface area contributed by atoms with E-state index in [0.717, 1.165) is 28.7 Å². The summed E-state index contributed by atoms with van der Waals surface area (Å²) in [4.78, 5) is 29.7. The molecule has 1 N–H and O–H groups in total. The number of rotatable bonds is 4. The lowest BCUT2D eigenvalue weighted by Gasteiger charge is -2.36. The number of benzene rings is 1. The van der Waals surface area contributed by atoms with E-state index in [4.69, 9.17) is 0 Å². The molecule has 0 radical (unpaired) electrons. The van der Waals surface area contributed by atoms with Gasteiger partial charge in [-0.1, -0.05) is 0 Å². The largest absolute Gasteiger partial charge is 0.349 e. The van der Waals surface area contributed by atoms with Crippen LogP contribution in [-0.2, 0) is 11.3 Å². The third kappa shape index (κ3) is 4.27. The van der Waals surface area contributed by atoms with Crippen molar-refractivity contribution in [3.63, 3.8) is 0 Å². The van der Waals surface area contributed by atoms with Crippen LogP contribution in [-0.4, -0.2) is 40.5 Å². The molecular formula is C19H18F3N3O2. The van der Waals surface area contributed by atoms with Crippen molar-refractivity contribution in [3.05, 3.63) is 65.5 Å². The number of hydrogen-bond acceptors (Lipinski definition) is 3. The molecule has 2 aromatic rings. The Morgan fingerprint density at radius 3 is 2.67 bits per heavy atom. The molecule has 0 bridgehead atoms. The molecule has 1 aliphatic rings. The zero-order chi connectivity index (χ0) is 19.4. The van der Waals surface area contributed by atoms with Gasteiger partial charge in [0.15, 0.2) is 0 Å². The number of aromatic nitrogens is 1. The summed E-state index contributed by atoms with van der Waals surface area (Å²) in [5, 5.41) is 2.52. The quantitative estimate of drug-likeness (QED) is 0.891. The fraction of sp³-hybridized carbons (Fsp3) is 0.316. The molecular weight excluding hydrogens is 359 g/mol. The lowest BCUT2D eigenvalue weighted by Crippen LogP contribution is -2.55. The highest BCUT2D eigenvalue weighted by Gasteiger charge is 2.44. The van der Waals surface area contributed by atoms with Gasteiger partial charge in [0.1, 0.15) is 11.6 Å². The van der Waals surface area contributed by atoms with Crippen LogP contribution in [0.4, 0.5) is 13.2 Å². The molecule has 0 saturated carbocycles. The maximum Gasteiger partial charge on any atom is 0.259 e. The molecule has 1 aromatic carbocycles. The maximum absolute atomic E-state index is 15.2. The fourth-order valence-corrected chi connectivity index (χ4v) is 3.04. The zero-order valence-corrected chi connectivity index (χ0v) is 14.4. The second-order valence-corrected chi connectivity index (χ2v) is 6.46. The fourth-order valence-electron chi connectivity index (χ4n) is 3.04. The molecule has 1 saturated heterocycles. The van der Waals surface area contributed by atoms with Crippen LogP contribution in [0, 0.1) is 11.6 Å². The molecule has 3 rings (SSSR count). The molecule has 27 heavy (non-hydrogen) atoms. The highest BCUT2D eigenvalue weighted by molar-refractivity contribution is 5.95. The number of amides is 2. The number of likely N-dealkylation sites (tertiary alicyclic amines) is 1. The third-order valence-corrected chi connectivity index (χ3v) is 4.50. The molecule has 1 aliphatic heterocycles. The Balaban J connectivity index is 1.69. The minimum atomic E-state index is -2.29. The van der Waals surface area contributed by atoms with Crippen LogP contribution < -0.4 is 5.32 Å². The summed E-state index contributed by atoms with van der Waals surface area (Å²) in [6, 6.07) is 5.89. The molecule has 8 heteroatoms. The van der Waals surface area contributed by atoms with Crippen molar-refractivity contribution in [2.45, 2.75) is 25.1 Å². The van der Waals surface area contributed by atoms with E-state index in [1.807, 2.05) is 0 Å². The van der Waals surface area contributed by atoms with E-state index >= 15 is 4.39 Å². The minimum absolute atomic E-state index is 0.0510. The monoisotopic (exact) mass is 377 g/mol. The lowest BCUT2D eigenvalue weighted by atomic mass is 9.93. The van der Waals surface area contributed by atoms with Crippen LogP contribution in [0.5, 0.6) is 0 Å². The van der Waals surface area contributed by atoms with E-state index in [1.54, 1.807) is 24.5 Å². The number of piperidine rings is 1. The summed E-state index contributed by atoms with van der Waals surface area (Å²) in [5.74, 6) is -3.33. The van der Waals surface area contributed by atoms with Gasteiger partial charge in [-0.2, -0.15) is 0 Å². The van der Waals surface area contributed by atoms with Crippen LogP contribution in [0.25, 0.3) is 0 Å². The van der Waals surface area contributed by atoms with Crippen molar-refractivity contribution in [1.29, 1.82) is 0 Å². The summed E-state index contributed by atoms with van der Waals surface area (Å²) in [6.07, 6.45) is 3.30. The lowest BCUT2D eigenvalue weighted by molar-refractivity contribution is -0.136. The Morgan fingerprint density at radius 1 is 1.19 bits per heavy atom. The number of hydrogen-bond donors (Lipinski definition) is 1. The van der Waals surface area contributed by atoms with Crippen LogP contribution in [0.3, 0.4) is 0 Å². The molecule has 2 amide bonds. The highest BCUT2D eigenvalue weighted by Crippen LogP contribution is 2.27. The van der Waals surface area contributed by atoms with E-state index in [9.17, 15) is 18.4 Å². The molecule has 1 fully saturated rings. The Kier molecular flexibility index (Phi) is 5.43. The first-order valence-electron chi connectivity index (χ1n) is 8.49. The minimum Gasteiger partial charge on any atom is -0.349 e. The van der Waals surface area contributed by atoms with Crippen molar-refractivity contribution < 1.29 is 22.8 Å². The van der Waals surface area contributed by atoms with Gasteiger partial charge in [0.05, 0.1) is 12.1 Å². The first kappa shape index (κ1) is 18.9. The molecule has 142 valence electrons. The average molecular weight is 377 g/mol. The highest BCUT2D eigenvalue weighted by atomic mass is 19.1. The van der Waals surface area contributed by atoms with Crippen molar-refractivity contribution >= 4 is 11.8 Å². The number of carbonyl (C=O) groups is 2. The first-order chi connectivity index (χ1) is 12.9. The van der Waals surface area contributed by atoms with Gasteiger partial charge < -0.3 is 10.2 Å². The van der Waals surface area contributed by atoms with Gasteiger partial charge >= 0.3 is 0 Å². The average Bonchev–Trinajstić information content (AvgIpc) is 2.68. The first-order valence-corrected chi connectivity index (χ1v) is 8.49. The topological polar surface area (TPSA) is 62.3 Å². The van der Waals surface area contributed by atoms with Gasteiger partial charge in [-0.15, -0.1) is 0 Å². The van der Waals surface area contributed by atoms with Crippen LogP contribution in [0.2, 0.25) is 0 Å². The molecule has 0 spiro atoms.